The van der Waals surface area contributed by atoms with Gasteiger partial charge in [-0.1, -0.05) is 25.4 Å². The van der Waals surface area contributed by atoms with Gasteiger partial charge in [0.05, 0.1) is 11.9 Å². The summed E-state index contributed by atoms with van der Waals surface area (Å²) in [5, 5.41) is 3.03. The van der Waals surface area contributed by atoms with Gasteiger partial charge in [0.2, 0.25) is 0 Å². The number of nitrogens with one attached hydrogen (secondary N) is 1. The van der Waals surface area contributed by atoms with E-state index in [1.807, 2.05) is 13.8 Å². The fraction of sp³-hybridized carbons (Fsp3) is 0.444. The molecule has 4 heteroatoms. The normalized spacial score (nSPS) is 8.77. The Morgan fingerprint density at radius 3 is 2.38 bits per heavy atom. The van der Waals surface area contributed by atoms with Crippen molar-refractivity contribution in [3.8, 4) is 0 Å². The first-order valence-electron chi connectivity index (χ1n) is 4.15. The molecule has 0 spiro atoms. The molecule has 1 heterocycles. The lowest BCUT2D eigenvalue weighted by atomic mass is 10.2. The molecule has 2 nitrogen and oxygen atoms in total. The average molecular weight is 205 g/mol. The summed E-state index contributed by atoms with van der Waals surface area (Å²) in [6, 6.07) is 0. The van der Waals surface area contributed by atoms with Crippen LogP contribution in [0.1, 0.15) is 19.4 Å². The molecule has 74 valence electrons. The van der Waals surface area contributed by atoms with Crippen molar-refractivity contribution in [1.82, 2.24) is 4.98 Å². The van der Waals surface area contributed by atoms with Crippen LogP contribution in [0.2, 0.25) is 5.15 Å². The summed E-state index contributed by atoms with van der Waals surface area (Å²) >= 11 is 5.65. The van der Waals surface area contributed by atoms with Gasteiger partial charge in [-0.25, -0.2) is 9.37 Å². The van der Waals surface area contributed by atoms with Crippen LogP contribution in [0, 0.1) is 12.7 Å². The highest BCUT2D eigenvalue weighted by molar-refractivity contribution is 6.30. The number of hydrogen-bond donors (Lipinski definition) is 1. The van der Waals surface area contributed by atoms with Gasteiger partial charge < -0.3 is 5.32 Å². The first-order chi connectivity index (χ1) is 6.16. The van der Waals surface area contributed by atoms with Gasteiger partial charge in [0, 0.05) is 12.6 Å². The number of halogens is 2. The van der Waals surface area contributed by atoms with Gasteiger partial charge in [0.25, 0.3) is 0 Å². The van der Waals surface area contributed by atoms with Crippen LogP contribution < -0.4 is 5.32 Å². The molecule has 0 aliphatic rings. The molecular weight excluding hydrogens is 191 g/mol. The van der Waals surface area contributed by atoms with Gasteiger partial charge in [0.15, 0.2) is 5.82 Å². The van der Waals surface area contributed by atoms with Crippen molar-refractivity contribution in [3.05, 3.63) is 22.7 Å². The Morgan fingerprint density at radius 2 is 2.00 bits per heavy atom. The summed E-state index contributed by atoms with van der Waals surface area (Å²) in [5.74, 6) is -0.380. The van der Waals surface area contributed by atoms with E-state index in [0.29, 0.717) is 16.4 Å². The molecule has 0 atom stereocenters. The molecule has 1 aromatic heterocycles. The van der Waals surface area contributed by atoms with Crippen molar-refractivity contribution < 1.29 is 4.39 Å². The Kier molecular flexibility index (Phi) is 5.39. The number of nitrogens with zero attached hydrogens (tertiary/aromatic N) is 1. The predicted octanol–water partition coefficient (Wildman–Crippen LogP) is 3.25. The number of anilines is 1. The third-order valence-corrected chi connectivity index (χ3v) is 1.85. The van der Waals surface area contributed by atoms with Gasteiger partial charge in [0.1, 0.15) is 5.15 Å². The molecule has 1 aromatic rings. The van der Waals surface area contributed by atoms with Crippen molar-refractivity contribution in [2.45, 2.75) is 20.8 Å². The molecule has 0 bridgehead atoms. The quantitative estimate of drug-likeness (QED) is 0.711. The minimum atomic E-state index is -0.380. The van der Waals surface area contributed by atoms with E-state index in [-0.39, 0.29) is 5.82 Å². The van der Waals surface area contributed by atoms with Crippen LogP contribution in [0.15, 0.2) is 6.20 Å². The molecule has 0 aromatic carbocycles. The van der Waals surface area contributed by atoms with Crippen LogP contribution in [-0.4, -0.2) is 12.0 Å². The Bertz CT molecular complexity index is 277. The average Bonchev–Trinajstić information content (AvgIpc) is 2.16. The SMILES string of the molecule is CC.CNc1c(F)cnc(Cl)c1C. The van der Waals surface area contributed by atoms with E-state index >= 15 is 0 Å². The largest absolute Gasteiger partial charge is 0.385 e. The van der Waals surface area contributed by atoms with E-state index in [2.05, 4.69) is 10.3 Å². The van der Waals surface area contributed by atoms with E-state index in [0.717, 1.165) is 6.20 Å². The number of rotatable bonds is 1. The van der Waals surface area contributed by atoms with Crippen molar-refractivity contribution in [3.63, 3.8) is 0 Å². The Hall–Kier alpha value is -0.830. The fourth-order valence-electron chi connectivity index (χ4n) is 0.864. The van der Waals surface area contributed by atoms with E-state index in [1.165, 1.54) is 0 Å². The topological polar surface area (TPSA) is 24.9 Å². The molecule has 0 aliphatic heterocycles. The number of hydrogen-bond acceptors (Lipinski definition) is 2. The highest BCUT2D eigenvalue weighted by Gasteiger charge is 2.07. The first kappa shape index (κ1) is 12.2. The van der Waals surface area contributed by atoms with Gasteiger partial charge in [-0.2, -0.15) is 0 Å². The summed E-state index contributed by atoms with van der Waals surface area (Å²) in [6.07, 6.45) is 1.10. The van der Waals surface area contributed by atoms with Gasteiger partial charge in [-0.3, -0.25) is 0 Å². The van der Waals surface area contributed by atoms with Crippen molar-refractivity contribution in [2.24, 2.45) is 0 Å². The van der Waals surface area contributed by atoms with Crippen molar-refractivity contribution in [2.75, 3.05) is 12.4 Å². The highest BCUT2D eigenvalue weighted by Crippen LogP contribution is 2.23. The van der Waals surface area contributed by atoms with E-state index in [9.17, 15) is 4.39 Å². The smallest absolute Gasteiger partial charge is 0.164 e. The predicted molar refractivity (Wildman–Crippen MR) is 54.8 cm³/mol. The standard InChI is InChI=1S/C7H8ClFN2.C2H6/c1-4-6(10-2)5(9)3-11-7(4)8;1-2/h3H,1-2H3,(H,10,11);1-2H3. The zero-order valence-corrected chi connectivity index (χ0v) is 9.04. The Balaban J connectivity index is 0.000000671. The van der Waals surface area contributed by atoms with E-state index in [1.54, 1.807) is 14.0 Å². The van der Waals surface area contributed by atoms with Crippen LogP contribution in [0.5, 0.6) is 0 Å². The Morgan fingerprint density at radius 1 is 1.46 bits per heavy atom. The lowest BCUT2D eigenvalue weighted by molar-refractivity contribution is 0.624. The second kappa shape index (κ2) is 5.75. The molecule has 1 rings (SSSR count). The maximum atomic E-state index is 12.8. The molecule has 0 saturated carbocycles. The highest BCUT2D eigenvalue weighted by atomic mass is 35.5. The molecule has 0 fully saturated rings. The monoisotopic (exact) mass is 204 g/mol. The zero-order chi connectivity index (χ0) is 10.4. The van der Waals surface area contributed by atoms with Crippen LogP contribution in [-0.2, 0) is 0 Å². The maximum Gasteiger partial charge on any atom is 0.164 e. The molecule has 0 aliphatic carbocycles. The molecule has 0 amide bonds. The van der Waals surface area contributed by atoms with Crippen LogP contribution in [0.25, 0.3) is 0 Å². The third kappa shape index (κ3) is 2.84. The zero-order valence-electron chi connectivity index (χ0n) is 8.28. The van der Waals surface area contributed by atoms with Crippen LogP contribution in [0.4, 0.5) is 10.1 Å². The van der Waals surface area contributed by atoms with Crippen molar-refractivity contribution >= 4 is 17.3 Å². The van der Waals surface area contributed by atoms with Gasteiger partial charge in [-0.05, 0) is 6.92 Å². The second-order valence-corrected chi connectivity index (χ2v) is 2.50. The van der Waals surface area contributed by atoms with Crippen LogP contribution >= 0.6 is 11.6 Å². The molecule has 0 unspecified atom stereocenters. The number of aromatic nitrogens is 1. The lowest BCUT2D eigenvalue weighted by Crippen LogP contribution is -1.97. The third-order valence-electron chi connectivity index (χ3n) is 1.46. The van der Waals surface area contributed by atoms with Crippen molar-refractivity contribution in [1.29, 1.82) is 0 Å². The summed E-state index contributed by atoms with van der Waals surface area (Å²) in [5.41, 5.74) is 1.04. The van der Waals surface area contributed by atoms with Gasteiger partial charge in [-0.15, -0.1) is 0 Å². The van der Waals surface area contributed by atoms with Crippen LogP contribution in [0.3, 0.4) is 0 Å². The molecule has 0 saturated heterocycles. The first-order valence-corrected chi connectivity index (χ1v) is 4.53. The molecule has 0 radical (unpaired) electrons. The lowest BCUT2D eigenvalue weighted by Gasteiger charge is -2.05. The summed E-state index contributed by atoms with van der Waals surface area (Å²) < 4.78 is 12.8. The molecular formula is C9H14ClFN2. The minimum Gasteiger partial charge on any atom is -0.385 e. The maximum absolute atomic E-state index is 12.8. The Labute approximate surface area is 83.1 Å². The molecule has 13 heavy (non-hydrogen) atoms. The summed E-state index contributed by atoms with van der Waals surface area (Å²) in [7, 11) is 1.64. The summed E-state index contributed by atoms with van der Waals surface area (Å²) in [6.45, 7) is 5.71. The van der Waals surface area contributed by atoms with E-state index < -0.39 is 0 Å². The van der Waals surface area contributed by atoms with Gasteiger partial charge >= 0.3 is 0 Å². The van der Waals surface area contributed by atoms with E-state index in [4.69, 9.17) is 11.6 Å². The second-order valence-electron chi connectivity index (χ2n) is 2.15. The molecule has 1 N–H and O–H groups in total. The minimum absolute atomic E-state index is 0.329. The summed E-state index contributed by atoms with van der Waals surface area (Å²) in [4.78, 5) is 3.64. The number of pyridine rings is 1. The fourth-order valence-corrected chi connectivity index (χ4v) is 1.01.